The summed E-state index contributed by atoms with van der Waals surface area (Å²) in [5.41, 5.74) is 0. The van der Waals surface area contributed by atoms with Crippen molar-refractivity contribution in [1.82, 2.24) is 0 Å². The fourth-order valence-corrected chi connectivity index (χ4v) is 0. The molecule has 6 heavy (non-hydrogen) atoms. The number of hydrogen-bond donors (Lipinski definition) is 0. The molecule has 0 aromatic carbocycles. The highest BCUT2D eigenvalue weighted by molar-refractivity contribution is 7.25. The number of hydrogen-bond acceptors (Lipinski definition) is 1. The molecule has 0 heterocycles. The van der Waals surface area contributed by atoms with Crippen LogP contribution in [0.5, 0.6) is 0 Å². The highest BCUT2D eigenvalue weighted by Crippen LogP contribution is 2.18. The van der Waals surface area contributed by atoms with Crippen LogP contribution in [0.3, 0.4) is 0 Å². The molecule has 0 amide bonds. The monoisotopic (exact) mass is 105 g/mol. The first-order valence-electron chi connectivity index (χ1n) is 1.95. The maximum Gasteiger partial charge on any atom is 0.0636 e. The van der Waals surface area contributed by atoms with Crippen molar-refractivity contribution in [2.24, 2.45) is 0 Å². The van der Waals surface area contributed by atoms with E-state index in [1.807, 2.05) is 20.8 Å². The van der Waals surface area contributed by atoms with Gasteiger partial charge in [-0.3, -0.25) is 4.57 Å². The summed E-state index contributed by atoms with van der Waals surface area (Å²) in [4.78, 5) is 0. The predicted octanol–water partition coefficient (Wildman–Crippen LogP) is 1.81. The van der Waals surface area contributed by atoms with E-state index >= 15 is 0 Å². The molecule has 0 spiro atoms. The Labute approximate surface area is 40.0 Å². The van der Waals surface area contributed by atoms with E-state index in [4.69, 9.17) is 0 Å². The first-order chi connectivity index (χ1) is 2.56. The first kappa shape index (κ1) is 6.10. The van der Waals surface area contributed by atoms with Gasteiger partial charge in [0.2, 0.25) is 0 Å². The molecule has 0 aromatic rings. The summed E-state index contributed by atoms with van der Waals surface area (Å²) in [7, 11) is -0.183. The van der Waals surface area contributed by atoms with Crippen LogP contribution >= 0.6 is 8.46 Å². The Hall–Kier alpha value is 0.100. The molecule has 0 bridgehead atoms. The van der Waals surface area contributed by atoms with Gasteiger partial charge in [-0.05, 0) is 0 Å². The van der Waals surface area contributed by atoms with Gasteiger partial charge in [0.1, 0.15) is 0 Å². The second-order valence-electron chi connectivity index (χ2n) is 2.35. The second-order valence-corrected chi connectivity index (χ2v) is 4.06. The van der Waals surface area contributed by atoms with Crippen molar-refractivity contribution < 1.29 is 4.57 Å². The van der Waals surface area contributed by atoms with Crippen molar-refractivity contribution in [2.45, 2.75) is 25.9 Å². The van der Waals surface area contributed by atoms with Crippen LogP contribution in [0, 0.1) is 0 Å². The van der Waals surface area contributed by atoms with E-state index in [1.165, 1.54) is 0 Å². The Kier molecular flexibility index (Phi) is 1.73. The molecule has 1 unspecified atom stereocenters. The maximum atomic E-state index is 9.98. The summed E-state index contributed by atoms with van der Waals surface area (Å²) in [5.74, 6) is 0. The highest BCUT2D eigenvalue weighted by Gasteiger charge is 2.04. The van der Waals surface area contributed by atoms with Gasteiger partial charge in [0.05, 0.1) is 8.46 Å². The quantitative estimate of drug-likeness (QED) is 0.429. The minimum absolute atomic E-state index is 0.0139. The summed E-state index contributed by atoms with van der Waals surface area (Å²) in [5, 5.41) is 0.0139. The van der Waals surface area contributed by atoms with Gasteiger partial charge in [-0.25, -0.2) is 0 Å². The third-order valence-electron chi connectivity index (χ3n) is 0.306. The summed E-state index contributed by atoms with van der Waals surface area (Å²) in [6.45, 7) is 5.83. The largest absolute Gasteiger partial charge is 0.290 e. The predicted molar refractivity (Wildman–Crippen MR) is 28.8 cm³/mol. The summed E-state index contributed by atoms with van der Waals surface area (Å²) < 4.78 is 9.98. The van der Waals surface area contributed by atoms with Crippen LogP contribution in [-0.4, -0.2) is 5.16 Å². The summed E-state index contributed by atoms with van der Waals surface area (Å²) >= 11 is 0. The zero-order chi connectivity index (χ0) is 5.21. The molecule has 1 radical (unpaired) electrons. The van der Waals surface area contributed by atoms with Gasteiger partial charge in [-0.15, -0.1) is 0 Å². The van der Waals surface area contributed by atoms with E-state index in [-0.39, 0.29) is 13.6 Å². The van der Waals surface area contributed by atoms with Crippen LogP contribution in [0.25, 0.3) is 0 Å². The third-order valence-corrected chi connectivity index (χ3v) is 0.919. The molecular weight excluding hydrogens is 95.0 g/mol. The lowest BCUT2D eigenvalue weighted by Gasteiger charge is -2.03. The maximum absolute atomic E-state index is 9.98. The fraction of sp³-hybridized carbons (Fsp3) is 1.00. The van der Waals surface area contributed by atoms with Gasteiger partial charge in [-0.2, -0.15) is 0 Å². The minimum Gasteiger partial charge on any atom is -0.290 e. The molecule has 0 fully saturated rings. The van der Waals surface area contributed by atoms with E-state index in [9.17, 15) is 4.57 Å². The van der Waals surface area contributed by atoms with Crippen molar-refractivity contribution in [2.75, 3.05) is 0 Å². The zero-order valence-electron chi connectivity index (χ0n) is 4.41. The molecule has 0 aliphatic heterocycles. The van der Waals surface area contributed by atoms with E-state index in [2.05, 4.69) is 0 Å². The van der Waals surface area contributed by atoms with E-state index in [0.29, 0.717) is 0 Å². The lowest BCUT2D eigenvalue weighted by molar-refractivity contribution is 0.579. The Morgan fingerprint density at radius 1 is 1.33 bits per heavy atom. The summed E-state index contributed by atoms with van der Waals surface area (Å²) in [6.07, 6.45) is 0. The van der Waals surface area contributed by atoms with Crippen LogP contribution in [-0.2, 0) is 4.57 Å². The second kappa shape index (κ2) is 1.70. The standard InChI is InChI=1S/C4H10OP/c1-4(2,3)6-5/h6H,1-3H3. The Morgan fingerprint density at radius 2 is 1.50 bits per heavy atom. The van der Waals surface area contributed by atoms with Crippen LogP contribution in [0.15, 0.2) is 0 Å². The third kappa shape index (κ3) is 4.10. The molecule has 0 aromatic heterocycles. The van der Waals surface area contributed by atoms with Crippen molar-refractivity contribution in [3.63, 3.8) is 0 Å². The van der Waals surface area contributed by atoms with Crippen molar-refractivity contribution in [3.05, 3.63) is 0 Å². The van der Waals surface area contributed by atoms with Crippen LogP contribution in [0.2, 0.25) is 0 Å². The Balaban J connectivity index is 3.45. The zero-order valence-corrected chi connectivity index (χ0v) is 5.41. The average molecular weight is 105 g/mol. The summed E-state index contributed by atoms with van der Waals surface area (Å²) in [6, 6.07) is 0. The highest BCUT2D eigenvalue weighted by atomic mass is 31.1. The molecule has 2 heteroatoms. The van der Waals surface area contributed by atoms with Crippen molar-refractivity contribution in [1.29, 1.82) is 0 Å². The fourth-order valence-electron chi connectivity index (χ4n) is 0. The molecule has 1 nitrogen and oxygen atoms in total. The topological polar surface area (TPSA) is 17.1 Å². The van der Waals surface area contributed by atoms with E-state index < -0.39 is 0 Å². The van der Waals surface area contributed by atoms with Gasteiger partial charge in [0.25, 0.3) is 0 Å². The molecule has 37 valence electrons. The van der Waals surface area contributed by atoms with Gasteiger partial charge >= 0.3 is 0 Å². The molecular formula is C4H10OP. The van der Waals surface area contributed by atoms with Gasteiger partial charge in [0, 0.05) is 5.16 Å². The lowest BCUT2D eigenvalue weighted by Crippen LogP contribution is -1.99. The Morgan fingerprint density at radius 3 is 1.50 bits per heavy atom. The van der Waals surface area contributed by atoms with Gasteiger partial charge < -0.3 is 0 Å². The van der Waals surface area contributed by atoms with E-state index in [0.717, 1.165) is 0 Å². The molecule has 0 aliphatic carbocycles. The SMILES string of the molecule is CC(C)(C)[PH]=O. The molecule has 0 saturated carbocycles. The van der Waals surface area contributed by atoms with Crippen LogP contribution in [0.4, 0.5) is 0 Å². The van der Waals surface area contributed by atoms with Crippen molar-refractivity contribution in [3.8, 4) is 0 Å². The lowest BCUT2D eigenvalue weighted by atomic mass is 10.3. The van der Waals surface area contributed by atoms with Crippen LogP contribution < -0.4 is 0 Å². The molecule has 0 N–H and O–H groups in total. The minimum atomic E-state index is -0.183. The molecule has 0 saturated heterocycles. The van der Waals surface area contributed by atoms with Crippen LogP contribution in [0.1, 0.15) is 20.8 Å². The number of rotatable bonds is 0. The normalized spacial score (nSPS) is 12.5. The van der Waals surface area contributed by atoms with Gasteiger partial charge in [-0.1, -0.05) is 20.8 Å². The van der Waals surface area contributed by atoms with E-state index in [1.54, 1.807) is 0 Å². The average Bonchev–Trinajstić information content (AvgIpc) is 1.35. The Bertz CT molecular complexity index is 53.1. The van der Waals surface area contributed by atoms with Gasteiger partial charge in [0.15, 0.2) is 0 Å². The van der Waals surface area contributed by atoms with Crippen molar-refractivity contribution >= 4 is 8.46 Å². The first-order valence-corrected chi connectivity index (χ1v) is 2.86. The smallest absolute Gasteiger partial charge is 0.0636 e. The molecule has 0 aliphatic rings. The molecule has 1 atom stereocenters. The molecule has 0 rings (SSSR count).